The number of hydrogen-bond donors (Lipinski definition) is 1. The Morgan fingerprint density at radius 2 is 1.81 bits per heavy atom. The summed E-state index contributed by atoms with van der Waals surface area (Å²) in [5, 5.41) is 13.0. The molecular weight excluding hydrogens is 403 g/mol. The van der Waals surface area contributed by atoms with Gasteiger partial charge in [-0.2, -0.15) is 0 Å². The third-order valence-corrected chi connectivity index (χ3v) is 5.41. The number of hydrogen-bond acceptors (Lipinski definition) is 4. The van der Waals surface area contributed by atoms with E-state index in [0.29, 0.717) is 21.0 Å². The molecule has 27 heavy (non-hydrogen) atoms. The van der Waals surface area contributed by atoms with E-state index in [1.54, 1.807) is 18.2 Å². The smallest absolute Gasteiger partial charge is 0.234 e. The summed E-state index contributed by atoms with van der Waals surface area (Å²) in [5.41, 5.74) is 3.75. The number of nitrogens with zero attached hydrogens (tertiary/aromatic N) is 3. The second kappa shape index (κ2) is 8.33. The van der Waals surface area contributed by atoms with Crippen LogP contribution in [0.25, 0.3) is 11.4 Å². The number of anilines is 1. The normalized spacial score (nSPS) is 10.9. The Kier molecular flexibility index (Phi) is 6.09. The van der Waals surface area contributed by atoms with E-state index in [4.69, 9.17) is 23.2 Å². The van der Waals surface area contributed by atoms with Crippen LogP contribution in [0.1, 0.15) is 11.1 Å². The number of halogens is 2. The van der Waals surface area contributed by atoms with Crippen LogP contribution in [-0.2, 0) is 11.8 Å². The predicted molar refractivity (Wildman–Crippen MR) is 112 cm³/mol. The van der Waals surface area contributed by atoms with E-state index in [-0.39, 0.29) is 11.7 Å². The van der Waals surface area contributed by atoms with Gasteiger partial charge in [0, 0.05) is 23.3 Å². The van der Waals surface area contributed by atoms with Gasteiger partial charge in [-0.15, -0.1) is 10.2 Å². The molecule has 0 unspecified atom stereocenters. The summed E-state index contributed by atoms with van der Waals surface area (Å²) in [6, 6.07) is 11.2. The lowest BCUT2D eigenvalue weighted by Crippen LogP contribution is -2.14. The van der Waals surface area contributed by atoms with Crippen molar-refractivity contribution < 1.29 is 4.79 Å². The number of nitrogens with one attached hydrogen (secondary N) is 1. The van der Waals surface area contributed by atoms with E-state index >= 15 is 0 Å². The summed E-state index contributed by atoms with van der Waals surface area (Å²) in [7, 11) is 1.84. The highest BCUT2D eigenvalue weighted by Crippen LogP contribution is 2.30. The van der Waals surface area contributed by atoms with E-state index in [1.165, 1.54) is 11.8 Å². The number of aryl methyl sites for hydroxylation is 2. The van der Waals surface area contributed by atoms with Crippen molar-refractivity contribution in [1.29, 1.82) is 0 Å². The van der Waals surface area contributed by atoms with E-state index in [0.717, 1.165) is 22.4 Å². The van der Waals surface area contributed by atoms with Crippen LogP contribution < -0.4 is 5.32 Å². The first-order valence-corrected chi connectivity index (χ1v) is 9.93. The molecule has 1 aromatic heterocycles. The molecule has 0 atom stereocenters. The third-order valence-electron chi connectivity index (χ3n) is 3.84. The van der Waals surface area contributed by atoms with Crippen LogP contribution in [0.15, 0.2) is 41.6 Å². The minimum absolute atomic E-state index is 0.0981. The first-order valence-electron chi connectivity index (χ1n) is 8.19. The molecule has 0 fully saturated rings. The molecule has 2 aromatic carbocycles. The van der Waals surface area contributed by atoms with Crippen molar-refractivity contribution in [1.82, 2.24) is 14.8 Å². The van der Waals surface area contributed by atoms with Gasteiger partial charge in [-0.05, 0) is 55.3 Å². The van der Waals surface area contributed by atoms with Crippen molar-refractivity contribution in [3.8, 4) is 11.4 Å². The molecule has 8 heteroatoms. The minimum Gasteiger partial charge on any atom is -0.325 e. The molecule has 0 saturated carbocycles. The highest BCUT2D eigenvalue weighted by Gasteiger charge is 2.15. The van der Waals surface area contributed by atoms with Crippen molar-refractivity contribution >= 4 is 46.6 Å². The Labute approximate surface area is 172 Å². The topological polar surface area (TPSA) is 59.8 Å². The molecule has 0 aliphatic rings. The number of amides is 1. The van der Waals surface area contributed by atoms with E-state index in [9.17, 15) is 4.79 Å². The summed E-state index contributed by atoms with van der Waals surface area (Å²) in [5.74, 6) is 0.751. The summed E-state index contributed by atoms with van der Waals surface area (Å²) < 4.78 is 1.81. The lowest BCUT2D eigenvalue weighted by molar-refractivity contribution is -0.113. The zero-order chi connectivity index (χ0) is 19.6. The van der Waals surface area contributed by atoms with Crippen LogP contribution in [-0.4, -0.2) is 26.4 Å². The van der Waals surface area contributed by atoms with Gasteiger partial charge in [0.1, 0.15) is 0 Å². The summed E-state index contributed by atoms with van der Waals surface area (Å²) in [4.78, 5) is 12.3. The lowest BCUT2D eigenvalue weighted by Gasteiger charge is -2.08. The van der Waals surface area contributed by atoms with Crippen molar-refractivity contribution in [2.45, 2.75) is 19.0 Å². The molecule has 0 spiro atoms. The number of aromatic nitrogens is 3. The third kappa shape index (κ3) is 4.83. The molecular formula is C19H18Cl2N4OS. The molecule has 0 radical (unpaired) electrons. The fourth-order valence-electron chi connectivity index (χ4n) is 2.72. The van der Waals surface area contributed by atoms with Crippen molar-refractivity contribution in [2.75, 3.05) is 11.1 Å². The van der Waals surface area contributed by atoms with Crippen molar-refractivity contribution in [3.05, 3.63) is 57.6 Å². The SMILES string of the molecule is Cc1cc(C)cc(NC(=O)CSc2nnc(-c3ccc(Cl)cc3Cl)n2C)c1. The molecule has 0 bridgehead atoms. The fraction of sp³-hybridized carbons (Fsp3) is 0.211. The second-order valence-electron chi connectivity index (χ2n) is 6.20. The molecule has 0 aliphatic carbocycles. The van der Waals surface area contributed by atoms with E-state index in [1.807, 2.05) is 37.6 Å². The molecule has 3 aromatic rings. The molecule has 3 rings (SSSR count). The van der Waals surface area contributed by atoms with Crippen LogP contribution in [0.4, 0.5) is 5.69 Å². The average molecular weight is 421 g/mol. The molecule has 1 amide bonds. The largest absolute Gasteiger partial charge is 0.325 e. The first-order chi connectivity index (χ1) is 12.8. The highest BCUT2D eigenvalue weighted by atomic mass is 35.5. The van der Waals surface area contributed by atoms with Crippen molar-refractivity contribution in [3.63, 3.8) is 0 Å². The van der Waals surface area contributed by atoms with Crippen LogP contribution in [0.5, 0.6) is 0 Å². The van der Waals surface area contributed by atoms with Gasteiger partial charge in [0.05, 0.1) is 10.8 Å². The fourth-order valence-corrected chi connectivity index (χ4v) is 3.92. The van der Waals surface area contributed by atoms with E-state index < -0.39 is 0 Å². The maximum Gasteiger partial charge on any atom is 0.234 e. The van der Waals surface area contributed by atoms with Gasteiger partial charge < -0.3 is 9.88 Å². The number of benzene rings is 2. The summed E-state index contributed by atoms with van der Waals surface area (Å²) >= 11 is 13.5. The number of carbonyl (C=O) groups is 1. The quantitative estimate of drug-likeness (QED) is 0.580. The monoisotopic (exact) mass is 420 g/mol. The van der Waals surface area contributed by atoms with Crippen LogP contribution in [0, 0.1) is 13.8 Å². The molecule has 0 saturated heterocycles. The Balaban J connectivity index is 1.68. The molecule has 5 nitrogen and oxygen atoms in total. The van der Waals surface area contributed by atoms with Gasteiger partial charge in [0.25, 0.3) is 0 Å². The zero-order valence-corrected chi connectivity index (χ0v) is 17.4. The Morgan fingerprint density at radius 1 is 1.11 bits per heavy atom. The maximum absolute atomic E-state index is 12.3. The Bertz CT molecular complexity index is 983. The van der Waals surface area contributed by atoms with Gasteiger partial charge in [-0.1, -0.05) is 41.0 Å². The van der Waals surface area contributed by atoms with Gasteiger partial charge in [0.15, 0.2) is 11.0 Å². The Morgan fingerprint density at radius 3 is 2.48 bits per heavy atom. The standard InChI is InChI=1S/C19H18Cl2N4OS/c1-11-6-12(2)8-14(7-11)22-17(26)10-27-19-24-23-18(25(19)3)15-5-4-13(20)9-16(15)21/h4-9H,10H2,1-3H3,(H,22,26). The molecule has 0 aliphatic heterocycles. The first kappa shape index (κ1) is 19.7. The lowest BCUT2D eigenvalue weighted by atomic mass is 10.1. The number of carbonyl (C=O) groups excluding carboxylic acids is 1. The predicted octanol–water partition coefficient (Wildman–Crippen LogP) is 5.14. The van der Waals surface area contributed by atoms with Crippen LogP contribution in [0.3, 0.4) is 0 Å². The second-order valence-corrected chi connectivity index (χ2v) is 7.99. The van der Waals surface area contributed by atoms with Crippen LogP contribution in [0.2, 0.25) is 10.0 Å². The number of thioether (sulfide) groups is 1. The molecule has 1 heterocycles. The highest BCUT2D eigenvalue weighted by molar-refractivity contribution is 7.99. The molecule has 140 valence electrons. The van der Waals surface area contributed by atoms with Crippen LogP contribution >= 0.6 is 35.0 Å². The van der Waals surface area contributed by atoms with Gasteiger partial charge >= 0.3 is 0 Å². The summed E-state index contributed by atoms with van der Waals surface area (Å²) in [6.45, 7) is 4.00. The Hall–Kier alpha value is -2.02. The van der Waals surface area contributed by atoms with E-state index in [2.05, 4.69) is 21.6 Å². The van der Waals surface area contributed by atoms with Gasteiger partial charge in [0.2, 0.25) is 5.91 Å². The average Bonchev–Trinajstić information content (AvgIpc) is 2.93. The van der Waals surface area contributed by atoms with Gasteiger partial charge in [-0.3, -0.25) is 4.79 Å². The van der Waals surface area contributed by atoms with Gasteiger partial charge in [-0.25, -0.2) is 0 Å². The minimum atomic E-state index is -0.0981. The maximum atomic E-state index is 12.3. The number of rotatable bonds is 5. The summed E-state index contributed by atoms with van der Waals surface area (Å²) in [6.07, 6.45) is 0. The zero-order valence-electron chi connectivity index (χ0n) is 15.1. The van der Waals surface area contributed by atoms with Crippen molar-refractivity contribution in [2.24, 2.45) is 7.05 Å². The molecule has 1 N–H and O–H groups in total.